The third kappa shape index (κ3) is 1.84. The molecule has 5 atom stereocenters. The van der Waals surface area contributed by atoms with Crippen molar-refractivity contribution < 1.29 is 5.11 Å². The Bertz CT molecular complexity index is 225. The average Bonchev–Trinajstić information content (AvgIpc) is 2.28. The van der Waals surface area contributed by atoms with Gasteiger partial charge in [-0.15, -0.1) is 0 Å². The van der Waals surface area contributed by atoms with Gasteiger partial charge in [0.25, 0.3) is 0 Å². The maximum Gasteiger partial charge on any atom is 0.0543 e. The van der Waals surface area contributed by atoms with E-state index in [9.17, 15) is 5.11 Å². The van der Waals surface area contributed by atoms with Gasteiger partial charge in [-0.3, -0.25) is 0 Å². The van der Waals surface area contributed by atoms with Gasteiger partial charge in [-0.25, -0.2) is 0 Å². The molecule has 15 heavy (non-hydrogen) atoms. The number of aliphatic hydroxyl groups excluding tert-OH is 1. The summed E-state index contributed by atoms with van der Waals surface area (Å²) in [5.74, 6) is 3.99. The Morgan fingerprint density at radius 1 is 0.667 bits per heavy atom. The lowest BCUT2D eigenvalue weighted by molar-refractivity contribution is -0.0169. The molecule has 0 aliphatic heterocycles. The molecule has 5 unspecified atom stereocenters. The average molecular weight is 208 g/mol. The molecule has 0 radical (unpaired) electrons. The minimum atomic E-state index is 0.0337. The maximum absolute atomic E-state index is 9.74. The Labute approximate surface area is 93.3 Å². The molecule has 0 spiro atoms. The number of fused-ring (bicyclic) bond motifs is 3. The van der Waals surface area contributed by atoms with E-state index < -0.39 is 0 Å². The zero-order valence-corrected chi connectivity index (χ0v) is 9.70. The number of aliphatic hydroxyl groups is 1. The second-order valence-corrected chi connectivity index (χ2v) is 6.18. The molecular weight excluding hydrogens is 184 g/mol. The van der Waals surface area contributed by atoms with Crippen molar-refractivity contribution in [3.8, 4) is 0 Å². The Morgan fingerprint density at radius 2 is 1.40 bits per heavy atom. The van der Waals surface area contributed by atoms with Crippen LogP contribution in [0.4, 0.5) is 0 Å². The molecule has 0 saturated heterocycles. The summed E-state index contributed by atoms with van der Waals surface area (Å²) in [4.78, 5) is 0. The Kier molecular flexibility index (Phi) is 2.76. The molecule has 0 aromatic heterocycles. The largest absolute Gasteiger partial charge is 0.393 e. The Hall–Kier alpha value is -0.0400. The first-order chi connectivity index (χ1) is 7.34. The number of hydrogen-bond donors (Lipinski definition) is 1. The minimum absolute atomic E-state index is 0.0337. The highest BCUT2D eigenvalue weighted by atomic mass is 16.3. The van der Waals surface area contributed by atoms with E-state index >= 15 is 0 Å². The summed E-state index contributed by atoms with van der Waals surface area (Å²) >= 11 is 0. The molecule has 0 aromatic rings. The summed E-state index contributed by atoms with van der Waals surface area (Å²) < 4.78 is 0. The monoisotopic (exact) mass is 208 g/mol. The first kappa shape index (κ1) is 10.1. The molecule has 1 N–H and O–H groups in total. The van der Waals surface area contributed by atoms with E-state index in [0.29, 0.717) is 0 Å². The molecule has 0 aromatic carbocycles. The summed E-state index contributed by atoms with van der Waals surface area (Å²) in [6.07, 6.45) is 12.4. The molecule has 0 heterocycles. The highest BCUT2D eigenvalue weighted by molar-refractivity contribution is 4.92. The predicted molar refractivity (Wildman–Crippen MR) is 61.5 cm³/mol. The van der Waals surface area contributed by atoms with E-state index in [1.807, 2.05) is 0 Å². The normalized spacial score (nSPS) is 50.6. The van der Waals surface area contributed by atoms with E-state index in [2.05, 4.69) is 0 Å². The third-order valence-electron chi connectivity index (χ3n) is 5.44. The fourth-order valence-electron chi connectivity index (χ4n) is 4.74. The lowest BCUT2D eigenvalue weighted by atomic mass is 9.57. The van der Waals surface area contributed by atoms with Crippen LogP contribution in [0.25, 0.3) is 0 Å². The minimum Gasteiger partial charge on any atom is -0.393 e. The van der Waals surface area contributed by atoms with Crippen LogP contribution in [0, 0.1) is 23.7 Å². The van der Waals surface area contributed by atoms with Gasteiger partial charge >= 0.3 is 0 Å². The van der Waals surface area contributed by atoms with Crippen LogP contribution in [0.2, 0.25) is 0 Å². The lowest BCUT2D eigenvalue weighted by Gasteiger charge is -2.48. The quantitative estimate of drug-likeness (QED) is 0.647. The maximum atomic E-state index is 9.74. The van der Waals surface area contributed by atoms with Gasteiger partial charge in [0.2, 0.25) is 0 Å². The van der Waals surface area contributed by atoms with Gasteiger partial charge in [0.15, 0.2) is 0 Å². The van der Waals surface area contributed by atoms with Crippen LogP contribution in [0.1, 0.15) is 57.8 Å². The SMILES string of the molecule is OC1CCC2C(CCC3CCCCC32)C1. The first-order valence-corrected chi connectivity index (χ1v) is 7.02. The van der Waals surface area contributed by atoms with Crippen molar-refractivity contribution in [2.45, 2.75) is 63.9 Å². The topological polar surface area (TPSA) is 20.2 Å². The van der Waals surface area contributed by atoms with Crippen molar-refractivity contribution >= 4 is 0 Å². The second kappa shape index (κ2) is 4.08. The fraction of sp³-hybridized carbons (Fsp3) is 1.00. The first-order valence-electron chi connectivity index (χ1n) is 7.02. The summed E-state index contributed by atoms with van der Waals surface area (Å²) in [5, 5.41) is 9.74. The number of hydrogen-bond acceptors (Lipinski definition) is 1. The molecule has 0 amide bonds. The van der Waals surface area contributed by atoms with Crippen LogP contribution < -0.4 is 0 Å². The molecule has 3 aliphatic rings. The predicted octanol–water partition coefficient (Wildman–Crippen LogP) is 3.36. The zero-order valence-electron chi connectivity index (χ0n) is 9.70. The van der Waals surface area contributed by atoms with Crippen LogP contribution in [-0.4, -0.2) is 11.2 Å². The molecule has 0 bridgehead atoms. The van der Waals surface area contributed by atoms with Crippen LogP contribution in [0.5, 0.6) is 0 Å². The highest BCUT2D eigenvalue weighted by Gasteiger charge is 2.42. The van der Waals surface area contributed by atoms with Crippen LogP contribution in [0.15, 0.2) is 0 Å². The van der Waals surface area contributed by atoms with E-state index in [0.717, 1.165) is 36.5 Å². The van der Waals surface area contributed by atoms with E-state index in [1.54, 1.807) is 0 Å². The van der Waals surface area contributed by atoms with Gasteiger partial charge in [-0.05, 0) is 62.2 Å². The van der Waals surface area contributed by atoms with Crippen LogP contribution in [-0.2, 0) is 0 Å². The van der Waals surface area contributed by atoms with Crippen molar-refractivity contribution in [3.05, 3.63) is 0 Å². The van der Waals surface area contributed by atoms with Gasteiger partial charge in [-0.2, -0.15) is 0 Å². The molecule has 3 rings (SSSR count). The second-order valence-electron chi connectivity index (χ2n) is 6.18. The Balaban J connectivity index is 1.72. The van der Waals surface area contributed by atoms with E-state index in [4.69, 9.17) is 0 Å². The van der Waals surface area contributed by atoms with Gasteiger partial charge in [0, 0.05) is 0 Å². The Morgan fingerprint density at radius 3 is 2.33 bits per heavy atom. The van der Waals surface area contributed by atoms with E-state index in [1.165, 1.54) is 44.9 Å². The summed E-state index contributed by atoms with van der Waals surface area (Å²) in [6, 6.07) is 0. The molecule has 3 fully saturated rings. The van der Waals surface area contributed by atoms with Crippen molar-refractivity contribution in [3.63, 3.8) is 0 Å². The van der Waals surface area contributed by atoms with Crippen molar-refractivity contribution in [2.24, 2.45) is 23.7 Å². The molecule has 3 aliphatic carbocycles. The highest BCUT2D eigenvalue weighted by Crippen LogP contribution is 2.51. The smallest absolute Gasteiger partial charge is 0.0543 e. The molecule has 86 valence electrons. The summed E-state index contributed by atoms with van der Waals surface area (Å²) in [7, 11) is 0. The van der Waals surface area contributed by atoms with Gasteiger partial charge in [0.1, 0.15) is 0 Å². The van der Waals surface area contributed by atoms with Gasteiger partial charge in [-0.1, -0.05) is 19.3 Å². The molecule has 1 nitrogen and oxygen atoms in total. The van der Waals surface area contributed by atoms with Crippen LogP contribution in [0.3, 0.4) is 0 Å². The fourth-order valence-corrected chi connectivity index (χ4v) is 4.74. The molecule has 3 saturated carbocycles. The summed E-state index contributed by atoms with van der Waals surface area (Å²) in [6.45, 7) is 0. The van der Waals surface area contributed by atoms with Crippen LogP contribution >= 0.6 is 0 Å². The van der Waals surface area contributed by atoms with Crippen molar-refractivity contribution in [1.29, 1.82) is 0 Å². The van der Waals surface area contributed by atoms with E-state index in [-0.39, 0.29) is 6.10 Å². The van der Waals surface area contributed by atoms with Gasteiger partial charge < -0.3 is 5.11 Å². The molecular formula is C14H24O. The summed E-state index contributed by atoms with van der Waals surface area (Å²) in [5.41, 5.74) is 0. The van der Waals surface area contributed by atoms with Gasteiger partial charge in [0.05, 0.1) is 6.10 Å². The van der Waals surface area contributed by atoms with Crippen molar-refractivity contribution in [1.82, 2.24) is 0 Å². The lowest BCUT2D eigenvalue weighted by Crippen LogP contribution is -2.41. The van der Waals surface area contributed by atoms with Crippen molar-refractivity contribution in [2.75, 3.05) is 0 Å². The zero-order chi connectivity index (χ0) is 10.3. The number of rotatable bonds is 0. The standard InChI is InChI=1S/C14H24O/c15-12-7-8-14-11(9-12)6-5-10-3-1-2-4-13(10)14/h10-15H,1-9H2. The third-order valence-corrected chi connectivity index (χ3v) is 5.44. The molecule has 1 heteroatoms.